The highest BCUT2D eigenvalue weighted by Gasteiger charge is 1.57. The summed E-state index contributed by atoms with van der Waals surface area (Å²) >= 11 is 0. The van der Waals surface area contributed by atoms with Crippen molar-refractivity contribution in [3.8, 4) is 0 Å². The van der Waals surface area contributed by atoms with E-state index in [-0.39, 0.29) is 6.61 Å². The van der Waals surface area contributed by atoms with E-state index in [9.17, 15) is 4.21 Å². The van der Waals surface area contributed by atoms with Gasteiger partial charge in [-0.25, -0.2) is 0 Å². The summed E-state index contributed by atoms with van der Waals surface area (Å²) in [5.41, 5.74) is 4.78. The summed E-state index contributed by atoms with van der Waals surface area (Å²) in [6.07, 6.45) is 3.28. The summed E-state index contributed by atoms with van der Waals surface area (Å²) in [7, 11) is -0.611. The molecule has 0 aromatic carbocycles. The maximum Gasteiger partial charge on any atom is 0.0553 e. The van der Waals surface area contributed by atoms with Gasteiger partial charge in [0.2, 0.25) is 0 Å². The van der Waals surface area contributed by atoms with Gasteiger partial charge < -0.3 is 10.8 Å². The van der Waals surface area contributed by atoms with Gasteiger partial charge in [-0.05, 0) is 0 Å². The lowest BCUT2D eigenvalue weighted by Gasteiger charge is -1.71. The van der Waals surface area contributed by atoms with E-state index in [1.165, 1.54) is 0 Å². The van der Waals surface area contributed by atoms with Gasteiger partial charge >= 0.3 is 0 Å². The highest BCUT2D eigenvalue weighted by molar-refractivity contribution is 7.83. The van der Waals surface area contributed by atoms with Crippen molar-refractivity contribution in [2.75, 3.05) is 25.7 Å². The zero-order chi connectivity index (χ0) is 6.99. The molecule has 0 aliphatic carbocycles. The van der Waals surface area contributed by atoms with Gasteiger partial charge in [-0.2, -0.15) is 0 Å². The molecule has 3 N–H and O–H groups in total. The van der Waals surface area contributed by atoms with E-state index in [0.29, 0.717) is 6.54 Å². The highest BCUT2D eigenvalue weighted by Crippen LogP contribution is 1.47. The predicted molar refractivity (Wildman–Crippen MR) is 36.1 cm³/mol. The van der Waals surface area contributed by atoms with Gasteiger partial charge in [-0.15, -0.1) is 0 Å². The molecule has 0 heterocycles. The number of hydrogen-bond acceptors (Lipinski definition) is 3. The number of rotatable bonds is 1. The fourth-order valence-electron chi connectivity index (χ4n) is 0. The summed E-state index contributed by atoms with van der Waals surface area (Å²) in [5, 5.41) is 7.75. The third-order valence-corrected chi connectivity index (χ3v) is 0.129. The molecule has 0 saturated heterocycles. The SMILES string of the molecule is CS(C)=O.NCCO. The molecule has 0 unspecified atom stereocenters. The van der Waals surface area contributed by atoms with Crippen LogP contribution in [0.3, 0.4) is 0 Å². The van der Waals surface area contributed by atoms with E-state index in [4.69, 9.17) is 10.8 Å². The molecule has 0 rings (SSSR count). The maximum absolute atomic E-state index is 9.56. The van der Waals surface area contributed by atoms with Crippen LogP contribution in [0.1, 0.15) is 0 Å². The normalized spacial score (nSPS) is 8.12. The Kier molecular flexibility index (Phi) is 13.9. The summed E-state index contributed by atoms with van der Waals surface area (Å²) in [6, 6.07) is 0. The Morgan fingerprint density at radius 2 is 1.75 bits per heavy atom. The van der Waals surface area contributed by atoms with Crippen LogP contribution in [0.5, 0.6) is 0 Å². The standard InChI is InChI=1S/C2H7NO.C2H6OS/c3-1-2-4;1-4(2)3/h4H,1-3H2;1-2H3. The third kappa shape index (κ3) is 136. The molecule has 0 aromatic heterocycles. The van der Waals surface area contributed by atoms with Crippen LogP contribution in [-0.4, -0.2) is 35.0 Å². The Balaban J connectivity index is 0. The lowest BCUT2D eigenvalue weighted by molar-refractivity contribution is 0.306. The van der Waals surface area contributed by atoms with Crippen molar-refractivity contribution in [3.63, 3.8) is 0 Å². The second-order valence-electron chi connectivity index (χ2n) is 1.25. The van der Waals surface area contributed by atoms with Crippen molar-refractivity contribution in [1.82, 2.24) is 0 Å². The van der Waals surface area contributed by atoms with Gasteiger partial charge in [0.25, 0.3) is 0 Å². The van der Waals surface area contributed by atoms with Crippen LogP contribution < -0.4 is 5.73 Å². The number of nitrogens with two attached hydrogens (primary N) is 1. The fraction of sp³-hybridized carbons (Fsp3) is 1.00. The molecule has 0 saturated carbocycles. The Morgan fingerprint density at radius 3 is 1.75 bits per heavy atom. The van der Waals surface area contributed by atoms with Gasteiger partial charge in [-0.3, -0.25) is 4.21 Å². The summed E-state index contributed by atoms with van der Waals surface area (Å²) in [5.74, 6) is 0. The van der Waals surface area contributed by atoms with E-state index < -0.39 is 10.8 Å². The average molecular weight is 139 g/mol. The fourth-order valence-corrected chi connectivity index (χ4v) is 0. The lowest BCUT2D eigenvalue weighted by Crippen LogP contribution is -2.02. The molecular formula is C4H13NO2S. The Bertz CT molecular complexity index is 52.0. The van der Waals surface area contributed by atoms with Crippen LogP contribution >= 0.6 is 0 Å². The topological polar surface area (TPSA) is 63.3 Å². The molecule has 0 atom stereocenters. The zero-order valence-electron chi connectivity index (χ0n) is 5.26. The maximum atomic E-state index is 9.56. The van der Waals surface area contributed by atoms with Gasteiger partial charge in [0.05, 0.1) is 6.61 Å². The molecule has 8 heavy (non-hydrogen) atoms. The number of aliphatic hydroxyl groups excluding tert-OH is 1. The van der Waals surface area contributed by atoms with Crippen LogP contribution in [0, 0.1) is 0 Å². The van der Waals surface area contributed by atoms with Gasteiger partial charge in [0.15, 0.2) is 0 Å². The zero-order valence-corrected chi connectivity index (χ0v) is 6.07. The number of aliphatic hydroxyl groups is 1. The smallest absolute Gasteiger partial charge is 0.0553 e. The molecule has 52 valence electrons. The summed E-state index contributed by atoms with van der Waals surface area (Å²) in [4.78, 5) is 0. The monoisotopic (exact) mass is 139 g/mol. The molecule has 0 aliphatic rings. The Labute approximate surface area is 52.3 Å². The third-order valence-electron chi connectivity index (χ3n) is 0.129. The summed E-state index contributed by atoms with van der Waals surface area (Å²) in [6.45, 7) is 0.472. The molecule has 3 nitrogen and oxygen atoms in total. The van der Waals surface area contributed by atoms with Crippen molar-refractivity contribution >= 4 is 10.8 Å². The van der Waals surface area contributed by atoms with E-state index in [2.05, 4.69) is 0 Å². The van der Waals surface area contributed by atoms with E-state index in [1.807, 2.05) is 0 Å². The summed E-state index contributed by atoms with van der Waals surface area (Å²) < 4.78 is 9.56. The van der Waals surface area contributed by atoms with Crippen LogP contribution in [0.15, 0.2) is 0 Å². The molecule has 0 spiro atoms. The van der Waals surface area contributed by atoms with Crippen LogP contribution in [0.4, 0.5) is 0 Å². The van der Waals surface area contributed by atoms with Crippen LogP contribution in [0.2, 0.25) is 0 Å². The minimum Gasteiger partial charge on any atom is -0.395 e. The van der Waals surface area contributed by atoms with Crippen LogP contribution in [-0.2, 0) is 10.8 Å². The lowest BCUT2D eigenvalue weighted by atomic mass is 10.8. The second-order valence-corrected chi connectivity index (χ2v) is 2.74. The van der Waals surface area contributed by atoms with Gasteiger partial charge in [0, 0.05) is 29.9 Å². The first-order chi connectivity index (χ1) is 3.65. The van der Waals surface area contributed by atoms with Crippen molar-refractivity contribution < 1.29 is 9.32 Å². The molecule has 0 amide bonds. The Morgan fingerprint density at radius 1 is 1.62 bits per heavy atom. The molecule has 0 aliphatic heterocycles. The van der Waals surface area contributed by atoms with Crippen molar-refractivity contribution in [2.24, 2.45) is 5.73 Å². The van der Waals surface area contributed by atoms with Crippen molar-refractivity contribution in [3.05, 3.63) is 0 Å². The molecule has 0 bridgehead atoms. The Hall–Kier alpha value is 0.0700. The first-order valence-electron chi connectivity index (χ1n) is 2.21. The van der Waals surface area contributed by atoms with E-state index >= 15 is 0 Å². The van der Waals surface area contributed by atoms with Crippen molar-refractivity contribution in [1.29, 1.82) is 0 Å². The highest BCUT2D eigenvalue weighted by atomic mass is 32.2. The minimum atomic E-state index is -0.611. The average Bonchev–Trinajstić information content (AvgIpc) is 1.65. The predicted octanol–water partition coefficient (Wildman–Crippen LogP) is -1.07. The second kappa shape index (κ2) is 10.1. The van der Waals surface area contributed by atoms with Crippen molar-refractivity contribution in [2.45, 2.75) is 0 Å². The molecule has 0 fully saturated rings. The molecule has 4 heteroatoms. The minimum absolute atomic E-state index is 0.0972. The molecular weight excluding hydrogens is 126 g/mol. The quantitative estimate of drug-likeness (QED) is 0.486. The van der Waals surface area contributed by atoms with Gasteiger partial charge in [0.1, 0.15) is 0 Å². The first kappa shape index (κ1) is 10.9. The molecule has 0 aromatic rings. The largest absolute Gasteiger partial charge is 0.395 e. The first-order valence-corrected chi connectivity index (χ1v) is 4.17. The van der Waals surface area contributed by atoms with Gasteiger partial charge in [-0.1, -0.05) is 0 Å². The molecule has 0 radical (unpaired) electrons. The van der Waals surface area contributed by atoms with E-state index in [1.54, 1.807) is 12.5 Å². The number of hydrogen-bond donors (Lipinski definition) is 2. The van der Waals surface area contributed by atoms with E-state index in [0.717, 1.165) is 0 Å². The van der Waals surface area contributed by atoms with Crippen LogP contribution in [0.25, 0.3) is 0 Å².